The topological polar surface area (TPSA) is 85.5 Å². The lowest BCUT2D eigenvalue weighted by Gasteiger charge is -2.39. The molecule has 3 aliphatic rings. The average molecular weight is 386 g/mol. The summed E-state index contributed by atoms with van der Waals surface area (Å²) in [6.45, 7) is 1.56. The lowest BCUT2D eigenvalue weighted by atomic mass is 9.83. The van der Waals surface area contributed by atoms with Crippen molar-refractivity contribution in [2.24, 2.45) is 22.9 Å². The molecule has 2 fully saturated rings. The Balaban J connectivity index is 1.35. The van der Waals surface area contributed by atoms with Crippen LogP contribution >= 0.6 is 0 Å². The minimum atomic E-state index is 0.00109. The van der Waals surface area contributed by atoms with Crippen LogP contribution in [0.1, 0.15) is 36.6 Å². The fraction of sp³-hybridized carbons (Fsp3) is 0.409. The quantitative estimate of drug-likeness (QED) is 0.810. The van der Waals surface area contributed by atoms with Gasteiger partial charge in [0, 0.05) is 37.7 Å². The molecule has 1 amide bonds. The normalized spacial score (nSPS) is 27.8. The Labute approximate surface area is 169 Å². The largest absolute Gasteiger partial charge is 0.356 e. The van der Waals surface area contributed by atoms with Gasteiger partial charge in [0.15, 0.2) is 0 Å². The zero-order valence-corrected chi connectivity index (χ0v) is 16.1. The molecule has 1 aromatic carbocycles. The maximum Gasteiger partial charge on any atom is 0.247 e. The molecule has 29 heavy (non-hydrogen) atoms. The number of anilines is 1. The van der Waals surface area contributed by atoms with Crippen LogP contribution in [-0.2, 0) is 4.79 Å². The highest BCUT2D eigenvalue weighted by Crippen LogP contribution is 2.45. The van der Waals surface area contributed by atoms with Gasteiger partial charge >= 0.3 is 0 Å². The highest BCUT2D eigenvalue weighted by Gasteiger charge is 2.48. The molecule has 146 valence electrons. The van der Waals surface area contributed by atoms with E-state index in [1.54, 1.807) is 11.1 Å². The zero-order chi connectivity index (χ0) is 19.8. The number of hydrogen-bond donors (Lipinski definition) is 0. The second-order valence-corrected chi connectivity index (χ2v) is 8.04. The van der Waals surface area contributed by atoms with Gasteiger partial charge in [-0.05, 0) is 30.2 Å². The van der Waals surface area contributed by atoms with Crippen molar-refractivity contribution in [3.8, 4) is 6.07 Å². The number of fused-ring (bicyclic) bond motifs is 2. The van der Waals surface area contributed by atoms with Crippen molar-refractivity contribution in [3.63, 3.8) is 0 Å². The molecule has 2 bridgehead atoms. The molecule has 1 aliphatic carbocycles. The first-order valence-electron chi connectivity index (χ1n) is 10.1. The van der Waals surface area contributed by atoms with Crippen molar-refractivity contribution in [3.05, 3.63) is 54.0 Å². The summed E-state index contributed by atoms with van der Waals surface area (Å²) in [5, 5.41) is 15.3. The van der Waals surface area contributed by atoms with Crippen molar-refractivity contribution in [1.82, 2.24) is 15.0 Å². The molecule has 7 nitrogen and oxygen atoms in total. The molecule has 3 unspecified atom stereocenters. The fourth-order valence-electron chi connectivity index (χ4n) is 5.12. The molecule has 2 aliphatic heterocycles. The molecule has 7 heteroatoms. The molecule has 5 rings (SSSR count). The number of benzene rings is 1. The van der Waals surface area contributed by atoms with E-state index in [0.29, 0.717) is 5.69 Å². The summed E-state index contributed by atoms with van der Waals surface area (Å²) in [4.78, 5) is 24.0. The first kappa shape index (κ1) is 17.8. The summed E-state index contributed by atoms with van der Waals surface area (Å²) >= 11 is 0. The molecule has 0 spiro atoms. The zero-order valence-electron chi connectivity index (χ0n) is 16.1. The average Bonchev–Trinajstić information content (AvgIpc) is 3.36. The Bertz CT molecular complexity index is 970. The number of aromatic nitrogens is 2. The molecule has 1 aromatic heterocycles. The number of piperidine rings is 1. The van der Waals surface area contributed by atoms with E-state index in [1.165, 1.54) is 6.33 Å². The minimum Gasteiger partial charge on any atom is -0.356 e. The number of nitrogens with zero attached hydrogens (tertiary/aromatic N) is 6. The summed E-state index contributed by atoms with van der Waals surface area (Å²) in [7, 11) is 0. The van der Waals surface area contributed by atoms with Gasteiger partial charge in [0.2, 0.25) is 5.91 Å². The Morgan fingerprint density at radius 1 is 1.10 bits per heavy atom. The van der Waals surface area contributed by atoms with Gasteiger partial charge in [-0.3, -0.25) is 4.79 Å². The lowest BCUT2D eigenvalue weighted by molar-refractivity contribution is -0.140. The molecular formula is C22H22N6O. The van der Waals surface area contributed by atoms with E-state index < -0.39 is 0 Å². The number of carbonyl (C=O) groups excluding carboxylic acids is 1. The fourth-order valence-corrected chi connectivity index (χ4v) is 5.12. The van der Waals surface area contributed by atoms with Gasteiger partial charge in [0.05, 0.1) is 6.04 Å². The highest BCUT2D eigenvalue weighted by atomic mass is 16.2. The van der Waals surface area contributed by atoms with Gasteiger partial charge in [-0.15, -0.1) is 0 Å². The van der Waals surface area contributed by atoms with Crippen molar-refractivity contribution >= 4 is 17.9 Å². The van der Waals surface area contributed by atoms with E-state index in [-0.39, 0.29) is 29.7 Å². The van der Waals surface area contributed by atoms with Gasteiger partial charge in [-0.1, -0.05) is 30.3 Å². The molecule has 3 heterocycles. The predicted molar refractivity (Wildman–Crippen MR) is 108 cm³/mol. The van der Waals surface area contributed by atoms with Crippen molar-refractivity contribution in [2.75, 3.05) is 18.0 Å². The molecule has 3 atom stereocenters. The molecular weight excluding hydrogens is 364 g/mol. The minimum absolute atomic E-state index is 0.00109. The van der Waals surface area contributed by atoms with Crippen LogP contribution in [0.3, 0.4) is 0 Å². The molecule has 2 aromatic rings. The Hall–Kier alpha value is -3.27. The third kappa shape index (κ3) is 3.15. The Kier molecular flexibility index (Phi) is 4.47. The first-order valence-corrected chi connectivity index (χ1v) is 10.1. The molecule has 1 saturated carbocycles. The number of nitriles is 1. The second kappa shape index (κ2) is 7.28. The van der Waals surface area contributed by atoms with E-state index in [2.05, 4.69) is 38.2 Å². The van der Waals surface area contributed by atoms with Crippen LogP contribution in [0, 0.1) is 29.1 Å². The van der Waals surface area contributed by atoms with E-state index in [1.807, 2.05) is 24.4 Å². The Morgan fingerprint density at radius 2 is 1.86 bits per heavy atom. The van der Waals surface area contributed by atoms with Crippen molar-refractivity contribution in [1.29, 1.82) is 5.26 Å². The summed E-state index contributed by atoms with van der Waals surface area (Å²) < 4.78 is 0. The number of hydrogen-bond acceptors (Lipinski definition) is 6. The molecule has 0 radical (unpaired) electrons. The second-order valence-electron chi connectivity index (χ2n) is 8.04. The van der Waals surface area contributed by atoms with Gasteiger partial charge in [-0.25, -0.2) is 15.0 Å². The number of carbonyl (C=O) groups is 1. The standard InChI is InChI=1S/C22H22N6O/c23-11-18-10-20(25-14-24-18)27-12-16-6-7-17(13-27)21(16)22(29)28-19(8-9-26-28)15-4-2-1-3-5-15/h1-5,9-10,14,16-17,19,21H,6-8,12-13H2. The summed E-state index contributed by atoms with van der Waals surface area (Å²) in [5.74, 6) is 1.51. The maximum absolute atomic E-state index is 13.5. The number of hydrazone groups is 1. The Morgan fingerprint density at radius 3 is 2.59 bits per heavy atom. The van der Waals surface area contributed by atoms with E-state index in [4.69, 9.17) is 5.26 Å². The number of amides is 1. The van der Waals surface area contributed by atoms with Gasteiger partial charge in [-0.2, -0.15) is 10.4 Å². The maximum atomic E-state index is 13.5. The van der Waals surface area contributed by atoms with Gasteiger partial charge < -0.3 is 4.90 Å². The monoisotopic (exact) mass is 386 g/mol. The third-order valence-corrected chi connectivity index (χ3v) is 6.45. The van der Waals surface area contributed by atoms with Gasteiger partial charge in [0.25, 0.3) is 0 Å². The van der Waals surface area contributed by atoms with Crippen LogP contribution in [0.4, 0.5) is 5.82 Å². The summed E-state index contributed by atoms with van der Waals surface area (Å²) in [6.07, 6.45) is 6.15. The van der Waals surface area contributed by atoms with E-state index >= 15 is 0 Å². The van der Waals surface area contributed by atoms with Crippen molar-refractivity contribution < 1.29 is 4.79 Å². The van der Waals surface area contributed by atoms with Crippen LogP contribution in [0.25, 0.3) is 0 Å². The van der Waals surface area contributed by atoms with E-state index in [9.17, 15) is 4.79 Å². The van der Waals surface area contributed by atoms with Crippen LogP contribution < -0.4 is 4.90 Å². The van der Waals surface area contributed by atoms with E-state index in [0.717, 1.165) is 43.7 Å². The summed E-state index contributed by atoms with van der Waals surface area (Å²) in [5.41, 5.74) is 1.51. The van der Waals surface area contributed by atoms with Crippen LogP contribution in [0.5, 0.6) is 0 Å². The van der Waals surface area contributed by atoms with Crippen LogP contribution in [-0.4, -0.2) is 40.2 Å². The molecule has 0 N–H and O–H groups in total. The predicted octanol–water partition coefficient (Wildman–Crippen LogP) is 2.77. The smallest absolute Gasteiger partial charge is 0.247 e. The lowest BCUT2D eigenvalue weighted by Crippen LogP contribution is -2.48. The van der Waals surface area contributed by atoms with Crippen LogP contribution in [0.15, 0.2) is 47.8 Å². The summed E-state index contributed by atoms with van der Waals surface area (Å²) in [6, 6.07) is 14.0. The number of rotatable bonds is 3. The first-order chi connectivity index (χ1) is 14.2. The van der Waals surface area contributed by atoms with Crippen LogP contribution in [0.2, 0.25) is 0 Å². The van der Waals surface area contributed by atoms with Crippen molar-refractivity contribution in [2.45, 2.75) is 25.3 Å². The third-order valence-electron chi connectivity index (χ3n) is 6.45. The van der Waals surface area contributed by atoms with Gasteiger partial charge in [0.1, 0.15) is 23.9 Å². The molecule has 1 saturated heterocycles. The highest BCUT2D eigenvalue weighted by molar-refractivity contribution is 5.83. The SMILES string of the molecule is N#Cc1cc(N2CC3CCC(C2)C3C(=O)N2N=CCC2c2ccccc2)ncn1.